The zero-order valence-electron chi connectivity index (χ0n) is 9.88. The molecule has 3 atom stereocenters. The van der Waals surface area contributed by atoms with Crippen molar-refractivity contribution in [3.63, 3.8) is 0 Å². The summed E-state index contributed by atoms with van der Waals surface area (Å²) in [5, 5.41) is 19.0. The molecule has 1 aliphatic rings. The van der Waals surface area contributed by atoms with Crippen LogP contribution in [0.1, 0.15) is 19.8 Å². The highest BCUT2D eigenvalue weighted by atomic mass is 32.2. The predicted molar refractivity (Wildman–Crippen MR) is 63.2 cm³/mol. The fraction of sp³-hybridized carbons (Fsp3) is 0.500. The molecule has 2 rings (SSSR count). The lowest BCUT2D eigenvalue weighted by Gasteiger charge is -2.23. The lowest BCUT2D eigenvalue weighted by atomic mass is 10.1. The van der Waals surface area contributed by atoms with Crippen LogP contribution in [0.2, 0.25) is 0 Å². The first-order valence-corrected chi connectivity index (χ1v) is 7.11. The molecule has 1 fully saturated rings. The molecule has 2 N–H and O–H groups in total. The Labute approximate surface area is 105 Å². The van der Waals surface area contributed by atoms with E-state index >= 15 is 0 Å². The lowest BCUT2D eigenvalue weighted by Crippen LogP contribution is -2.33. The fourth-order valence-electron chi connectivity index (χ4n) is 2.36. The summed E-state index contributed by atoms with van der Waals surface area (Å²) in [4.78, 5) is 0.00713. The summed E-state index contributed by atoms with van der Waals surface area (Å²) in [6, 6.07) is 4.57. The molecule has 0 aliphatic heterocycles. The Morgan fingerprint density at radius 2 is 1.61 bits per heavy atom. The monoisotopic (exact) mass is 274 g/mol. The second-order valence-corrected chi connectivity index (χ2v) is 7.41. The van der Waals surface area contributed by atoms with Crippen LogP contribution in [0.25, 0.3) is 0 Å². The third-order valence-corrected chi connectivity index (χ3v) is 6.02. The second-order valence-electron chi connectivity index (χ2n) is 4.95. The summed E-state index contributed by atoms with van der Waals surface area (Å²) in [6.45, 7) is 1.49. The quantitative estimate of drug-likeness (QED) is 0.785. The summed E-state index contributed by atoms with van der Waals surface area (Å²) >= 11 is 0. The van der Waals surface area contributed by atoms with E-state index in [-0.39, 0.29) is 17.7 Å². The fourth-order valence-corrected chi connectivity index (χ4v) is 4.20. The maximum Gasteiger partial charge on any atom is 0.183 e. The van der Waals surface area contributed by atoms with Gasteiger partial charge in [0.2, 0.25) is 0 Å². The third kappa shape index (κ3) is 2.04. The predicted octanol–water partition coefficient (Wildman–Crippen LogP) is 0.874. The van der Waals surface area contributed by atoms with Gasteiger partial charge in [0.25, 0.3) is 0 Å². The largest absolute Gasteiger partial charge is 0.390 e. The van der Waals surface area contributed by atoms with Crippen molar-refractivity contribution in [2.75, 3.05) is 0 Å². The van der Waals surface area contributed by atoms with E-state index < -0.39 is 32.6 Å². The zero-order valence-corrected chi connectivity index (χ0v) is 10.7. The lowest BCUT2D eigenvalue weighted by molar-refractivity contribution is 0.0438. The van der Waals surface area contributed by atoms with Crippen molar-refractivity contribution in [3.8, 4) is 0 Å². The van der Waals surface area contributed by atoms with Crippen molar-refractivity contribution in [1.82, 2.24) is 0 Å². The molecule has 0 unspecified atom stereocenters. The van der Waals surface area contributed by atoms with Crippen LogP contribution in [-0.2, 0) is 9.84 Å². The van der Waals surface area contributed by atoms with Gasteiger partial charge in [-0.05, 0) is 44.0 Å². The number of benzene rings is 1. The van der Waals surface area contributed by atoms with Gasteiger partial charge >= 0.3 is 0 Å². The van der Waals surface area contributed by atoms with E-state index in [4.69, 9.17) is 0 Å². The van der Waals surface area contributed by atoms with Gasteiger partial charge in [0, 0.05) is 0 Å². The Kier molecular flexibility index (Phi) is 3.21. The number of sulfone groups is 1. The highest BCUT2D eigenvalue weighted by Crippen LogP contribution is 2.40. The molecular weight excluding hydrogens is 259 g/mol. The van der Waals surface area contributed by atoms with Gasteiger partial charge in [0.05, 0.1) is 21.9 Å². The Balaban J connectivity index is 2.40. The summed E-state index contributed by atoms with van der Waals surface area (Å²) in [5.74, 6) is -0.509. The van der Waals surface area contributed by atoms with Gasteiger partial charge in [-0.15, -0.1) is 0 Å². The van der Waals surface area contributed by atoms with Crippen LogP contribution in [-0.4, -0.2) is 35.6 Å². The maximum absolute atomic E-state index is 12.8. The molecule has 0 spiro atoms. The standard InChI is InChI=1S/C12H15FO4S/c1-12(6-10(14)11(15)7-12)18(16,17)9-4-2-8(13)3-5-9/h2-5,10-11,14-15H,6-7H2,1H3/t10-,11+,12-. The topological polar surface area (TPSA) is 74.6 Å². The summed E-state index contributed by atoms with van der Waals surface area (Å²) in [5.41, 5.74) is 0. The van der Waals surface area contributed by atoms with Gasteiger partial charge in [-0.1, -0.05) is 0 Å². The molecule has 6 heteroatoms. The molecule has 18 heavy (non-hydrogen) atoms. The molecule has 0 bridgehead atoms. The van der Waals surface area contributed by atoms with E-state index in [1.54, 1.807) is 0 Å². The molecule has 0 saturated heterocycles. The molecular formula is C12H15FO4S. The van der Waals surface area contributed by atoms with Crippen LogP contribution in [0.4, 0.5) is 4.39 Å². The Morgan fingerprint density at radius 3 is 2.06 bits per heavy atom. The van der Waals surface area contributed by atoms with E-state index in [1.807, 2.05) is 0 Å². The van der Waals surface area contributed by atoms with E-state index in [1.165, 1.54) is 19.1 Å². The second kappa shape index (κ2) is 4.29. The van der Waals surface area contributed by atoms with Crippen molar-refractivity contribution in [2.24, 2.45) is 0 Å². The van der Waals surface area contributed by atoms with Crippen LogP contribution in [0.5, 0.6) is 0 Å². The van der Waals surface area contributed by atoms with Crippen molar-refractivity contribution < 1.29 is 23.0 Å². The number of aliphatic hydroxyl groups excluding tert-OH is 2. The van der Waals surface area contributed by atoms with Gasteiger partial charge in [0.1, 0.15) is 5.82 Å². The van der Waals surface area contributed by atoms with E-state index in [0.717, 1.165) is 12.1 Å². The molecule has 0 heterocycles. The molecule has 1 saturated carbocycles. The maximum atomic E-state index is 12.8. The number of hydrogen-bond acceptors (Lipinski definition) is 4. The molecule has 0 amide bonds. The first-order valence-electron chi connectivity index (χ1n) is 5.63. The summed E-state index contributed by atoms with van der Waals surface area (Å²) in [6.07, 6.45) is -2.11. The highest BCUT2D eigenvalue weighted by molar-refractivity contribution is 7.92. The number of aliphatic hydroxyl groups is 2. The Morgan fingerprint density at radius 1 is 1.17 bits per heavy atom. The van der Waals surface area contributed by atoms with Gasteiger partial charge in [-0.25, -0.2) is 12.8 Å². The minimum atomic E-state index is -3.71. The molecule has 1 aromatic rings. The Hall–Kier alpha value is -0.980. The molecule has 1 aromatic carbocycles. The first-order chi connectivity index (χ1) is 8.26. The average molecular weight is 274 g/mol. The molecule has 0 aromatic heterocycles. The van der Waals surface area contributed by atoms with Crippen LogP contribution in [0, 0.1) is 5.82 Å². The van der Waals surface area contributed by atoms with Crippen molar-refractivity contribution in [2.45, 2.75) is 41.6 Å². The average Bonchev–Trinajstić information content (AvgIpc) is 2.55. The van der Waals surface area contributed by atoms with E-state index in [0.29, 0.717) is 0 Å². The van der Waals surface area contributed by atoms with Crippen LogP contribution in [0.3, 0.4) is 0 Å². The van der Waals surface area contributed by atoms with Crippen molar-refractivity contribution in [3.05, 3.63) is 30.1 Å². The van der Waals surface area contributed by atoms with E-state index in [2.05, 4.69) is 0 Å². The molecule has 0 radical (unpaired) electrons. The van der Waals surface area contributed by atoms with Gasteiger partial charge in [-0.3, -0.25) is 0 Å². The first kappa shape index (κ1) is 13.5. The van der Waals surface area contributed by atoms with Crippen molar-refractivity contribution in [1.29, 1.82) is 0 Å². The zero-order chi connectivity index (χ0) is 13.6. The Bertz CT molecular complexity index is 528. The highest BCUT2D eigenvalue weighted by Gasteiger charge is 2.50. The number of hydrogen-bond donors (Lipinski definition) is 2. The van der Waals surface area contributed by atoms with Crippen LogP contribution in [0.15, 0.2) is 29.2 Å². The van der Waals surface area contributed by atoms with Crippen molar-refractivity contribution >= 4 is 9.84 Å². The number of rotatable bonds is 2. The van der Waals surface area contributed by atoms with Crippen LogP contribution >= 0.6 is 0 Å². The van der Waals surface area contributed by atoms with E-state index in [9.17, 15) is 23.0 Å². The van der Waals surface area contributed by atoms with Gasteiger partial charge in [-0.2, -0.15) is 0 Å². The minimum Gasteiger partial charge on any atom is -0.390 e. The minimum absolute atomic E-state index is 0.00713. The van der Waals surface area contributed by atoms with Gasteiger partial charge < -0.3 is 10.2 Å². The SMILES string of the molecule is C[C@@]1(S(=O)(=O)c2ccc(F)cc2)C[C@@H](O)[C@@H](O)C1. The molecule has 1 aliphatic carbocycles. The summed E-state index contributed by atoms with van der Waals surface area (Å²) < 4.78 is 36.4. The van der Waals surface area contributed by atoms with Crippen LogP contribution < -0.4 is 0 Å². The molecule has 100 valence electrons. The molecule has 4 nitrogen and oxygen atoms in total. The normalized spacial score (nSPS) is 32.7. The number of halogens is 1. The third-order valence-electron chi connectivity index (χ3n) is 3.50. The smallest absolute Gasteiger partial charge is 0.183 e. The summed E-state index contributed by atoms with van der Waals surface area (Å²) in [7, 11) is -3.71. The van der Waals surface area contributed by atoms with Gasteiger partial charge in [0.15, 0.2) is 9.84 Å².